The van der Waals surface area contributed by atoms with Gasteiger partial charge < -0.3 is 19.3 Å². The summed E-state index contributed by atoms with van der Waals surface area (Å²) < 4.78 is 36.7. The minimum atomic E-state index is -3.82. The van der Waals surface area contributed by atoms with Gasteiger partial charge in [-0.25, -0.2) is 18.1 Å². The summed E-state index contributed by atoms with van der Waals surface area (Å²) in [6.45, 7) is 4.67. The number of aryl methyl sites for hydroxylation is 2. The van der Waals surface area contributed by atoms with Gasteiger partial charge >= 0.3 is 0 Å². The number of nitrogens with zero attached hydrogens (tertiary/aromatic N) is 7. The molecule has 1 aliphatic heterocycles. The van der Waals surface area contributed by atoms with Gasteiger partial charge in [-0.05, 0) is 13.3 Å². The van der Waals surface area contributed by atoms with Crippen molar-refractivity contribution < 1.29 is 23.1 Å². The van der Waals surface area contributed by atoms with Crippen LogP contribution in [0, 0.1) is 5.92 Å². The maximum atomic E-state index is 13.0. The first-order valence-corrected chi connectivity index (χ1v) is 12.4. The Bertz CT molecular complexity index is 1040. The Morgan fingerprint density at radius 2 is 2.15 bits per heavy atom. The molecule has 0 fully saturated rings. The molecule has 13 heteroatoms. The molecule has 3 atom stereocenters. The molecule has 3 heterocycles. The molecule has 0 unspecified atom stereocenters. The molecule has 0 saturated carbocycles. The van der Waals surface area contributed by atoms with Crippen LogP contribution in [-0.4, -0.2) is 92.1 Å². The molecule has 1 amide bonds. The molecule has 0 saturated heterocycles. The third-order valence-electron chi connectivity index (χ3n) is 5.93. The zero-order valence-electron chi connectivity index (χ0n) is 19.5. The number of aromatic nitrogens is 5. The first-order chi connectivity index (χ1) is 15.6. The summed E-state index contributed by atoms with van der Waals surface area (Å²) in [4.78, 5) is 18.5. The number of imidazole rings is 1. The van der Waals surface area contributed by atoms with Crippen molar-refractivity contribution >= 4 is 15.9 Å². The summed E-state index contributed by atoms with van der Waals surface area (Å²) in [5.74, 6) is -0.285. The number of carbonyl (C=O) groups is 1. The van der Waals surface area contributed by atoms with Gasteiger partial charge in [0.25, 0.3) is 10.0 Å². The standard InChI is InChI=1S/C20H33N7O5S/c1-15-9-26(16(2)12-28)20(29)6-5-7-27-17(8-22-23-27)13-32-18(15)10-25(4)33(30,31)19-11-24(3)14-21-19/h8,11,14-16,18,28H,5-7,9-10,12-13H2,1-4H3/t15-,16-,18-/m0/s1. The van der Waals surface area contributed by atoms with Crippen LogP contribution in [0.25, 0.3) is 0 Å². The maximum Gasteiger partial charge on any atom is 0.261 e. The first-order valence-electron chi connectivity index (χ1n) is 11.0. The molecule has 0 aliphatic carbocycles. The van der Waals surface area contributed by atoms with Crippen LogP contribution >= 0.6 is 0 Å². The van der Waals surface area contributed by atoms with Crippen LogP contribution in [0.4, 0.5) is 0 Å². The molecule has 184 valence electrons. The van der Waals surface area contributed by atoms with Gasteiger partial charge in [0.15, 0.2) is 5.03 Å². The van der Waals surface area contributed by atoms with Gasteiger partial charge in [-0.2, -0.15) is 4.31 Å². The lowest BCUT2D eigenvalue weighted by Gasteiger charge is -2.35. The second kappa shape index (κ2) is 10.7. The SMILES string of the molecule is C[C@H]1CN([C@@H](C)CO)C(=O)CCCn2nncc2CO[C@H]1CN(C)S(=O)(=O)c1cn(C)cn1. The zero-order chi connectivity index (χ0) is 24.2. The summed E-state index contributed by atoms with van der Waals surface area (Å²) in [7, 11) is -0.624. The molecule has 0 bridgehead atoms. The highest BCUT2D eigenvalue weighted by molar-refractivity contribution is 7.89. The van der Waals surface area contributed by atoms with Crippen LogP contribution in [0.5, 0.6) is 0 Å². The number of amides is 1. The Kier molecular flexibility index (Phi) is 8.21. The lowest BCUT2D eigenvalue weighted by Crippen LogP contribution is -2.47. The van der Waals surface area contributed by atoms with Gasteiger partial charge in [0.2, 0.25) is 5.91 Å². The van der Waals surface area contributed by atoms with Crippen LogP contribution in [0.1, 0.15) is 32.4 Å². The number of carbonyl (C=O) groups excluding carboxylic acids is 1. The van der Waals surface area contributed by atoms with Gasteiger partial charge in [0.05, 0.1) is 43.6 Å². The van der Waals surface area contributed by atoms with E-state index in [0.717, 1.165) is 5.69 Å². The maximum absolute atomic E-state index is 13.0. The smallest absolute Gasteiger partial charge is 0.261 e. The van der Waals surface area contributed by atoms with E-state index in [9.17, 15) is 18.3 Å². The summed E-state index contributed by atoms with van der Waals surface area (Å²) >= 11 is 0. The van der Waals surface area contributed by atoms with Gasteiger partial charge in [-0.3, -0.25) is 4.79 Å². The van der Waals surface area contributed by atoms with Crippen molar-refractivity contribution in [1.82, 2.24) is 33.8 Å². The average Bonchev–Trinajstić information content (AvgIpc) is 3.42. The molecule has 33 heavy (non-hydrogen) atoms. The van der Waals surface area contributed by atoms with Crippen molar-refractivity contribution in [2.45, 2.75) is 57.0 Å². The Balaban J connectivity index is 1.86. The predicted molar refractivity (Wildman–Crippen MR) is 118 cm³/mol. The molecule has 3 rings (SSSR count). The highest BCUT2D eigenvalue weighted by Crippen LogP contribution is 2.20. The lowest BCUT2D eigenvalue weighted by atomic mass is 10.0. The number of likely N-dealkylation sites (N-methyl/N-ethyl adjacent to an activating group) is 1. The van der Waals surface area contributed by atoms with Crippen molar-refractivity contribution in [3.8, 4) is 0 Å². The summed E-state index contributed by atoms with van der Waals surface area (Å²) in [5, 5.41) is 17.7. The summed E-state index contributed by atoms with van der Waals surface area (Å²) in [6.07, 6.45) is 4.87. The van der Waals surface area contributed by atoms with E-state index in [-0.39, 0.29) is 42.7 Å². The van der Waals surface area contributed by atoms with Crippen molar-refractivity contribution in [2.75, 3.05) is 26.7 Å². The van der Waals surface area contributed by atoms with Crippen LogP contribution < -0.4 is 0 Å². The van der Waals surface area contributed by atoms with Crippen LogP contribution in [0.15, 0.2) is 23.7 Å². The average molecular weight is 484 g/mol. The van der Waals surface area contributed by atoms with Gasteiger partial charge in [-0.15, -0.1) is 5.10 Å². The third-order valence-corrected chi connectivity index (χ3v) is 7.64. The van der Waals surface area contributed by atoms with Crippen LogP contribution in [0.2, 0.25) is 0 Å². The van der Waals surface area contributed by atoms with E-state index >= 15 is 0 Å². The first kappa shape index (κ1) is 25.3. The molecule has 0 aromatic carbocycles. The van der Waals surface area contributed by atoms with Crippen LogP contribution in [0.3, 0.4) is 0 Å². The monoisotopic (exact) mass is 483 g/mol. The topological polar surface area (TPSA) is 136 Å². The molecular formula is C20H33N7O5S. The predicted octanol–water partition coefficient (Wildman–Crippen LogP) is -0.143. The van der Waals surface area contributed by atoms with E-state index < -0.39 is 16.1 Å². The minimum absolute atomic E-state index is 0.0405. The number of fused-ring (bicyclic) bond motifs is 1. The molecule has 1 aliphatic rings. The van der Waals surface area contributed by atoms with E-state index in [1.165, 1.54) is 23.9 Å². The highest BCUT2D eigenvalue weighted by Gasteiger charge is 2.32. The second-order valence-electron chi connectivity index (χ2n) is 8.62. The van der Waals surface area contributed by atoms with Gasteiger partial charge in [-0.1, -0.05) is 12.1 Å². The molecular weight excluding hydrogens is 450 g/mol. The number of aliphatic hydroxyl groups is 1. The number of hydrogen-bond donors (Lipinski definition) is 1. The summed E-state index contributed by atoms with van der Waals surface area (Å²) in [5.41, 5.74) is 0.760. The van der Waals surface area contributed by atoms with Crippen LogP contribution in [-0.2, 0) is 39.8 Å². The largest absolute Gasteiger partial charge is 0.394 e. The second-order valence-corrected chi connectivity index (χ2v) is 10.6. The van der Waals surface area contributed by atoms with Crippen molar-refractivity contribution in [3.63, 3.8) is 0 Å². The number of ether oxygens (including phenoxy) is 1. The summed E-state index contributed by atoms with van der Waals surface area (Å²) in [6, 6.07) is -0.361. The van der Waals surface area contributed by atoms with Gasteiger partial charge in [0, 0.05) is 52.3 Å². The number of rotatable bonds is 6. The van der Waals surface area contributed by atoms with E-state index in [4.69, 9.17) is 4.74 Å². The molecule has 1 N–H and O–H groups in total. The van der Waals surface area contributed by atoms with E-state index in [1.54, 1.807) is 34.3 Å². The van der Waals surface area contributed by atoms with Crippen molar-refractivity contribution in [2.24, 2.45) is 13.0 Å². The molecule has 2 aromatic heterocycles. The zero-order valence-corrected chi connectivity index (χ0v) is 20.3. The Labute approximate surface area is 194 Å². The Morgan fingerprint density at radius 3 is 2.82 bits per heavy atom. The highest BCUT2D eigenvalue weighted by atomic mass is 32.2. The fraction of sp³-hybridized carbons (Fsp3) is 0.700. The van der Waals surface area contributed by atoms with E-state index in [0.29, 0.717) is 25.9 Å². The number of sulfonamides is 1. The van der Waals surface area contributed by atoms with E-state index in [2.05, 4.69) is 15.3 Å². The van der Waals surface area contributed by atoms with Crippen molar-refractivity contribution in [1.29, 1.82) is 0 Å². The quantitative estimate of drug-likeness (QED) is 0.600. The Morgan fingerprint density at radius 1 is 1.39 bits per heavy atom. The van der Waals surface area contributed by atoms with Crippen molar-refractivity contribution in [3.05, 3.63) is 24.4 Å². The lowest BCUT2D eigenvalue weighted by molar-refractivity contribution is -0.136. The third kappa shape index (κ3) is 5.96. The molecule has 0 spiro atoms. The normalized spacial score (nSPS) is 22.0. The van der Waals surface area contributed by atoms with Gasteiger partial charge in [0.1, 0.15) is 0 Å². The number of aliphatic hydroxyl groups excluding tert-OH is 1. The molecule has 2 aromatic rings. The number of hydrogen-bond acceptors (Lipinski definition) is 8. The Hall–Kier alpha value is -2.35. The molecule has 12 nitrogen and oxygen atoms in total. The van der Waals surface area contributed by atoms with E-state index in [1.807, 2.05) is 6.92 Å². The fourth-order valence-electron chi connectivity index (χ4n) is 3.78. The minimum Gasteiger partial charge on any atom is -0.394 e. The molecule has 0 radical (unpaired) electrons. The fourth-order valence-corrected chi connectivity index (χ4v) is 4.92.